The molecule has 0 aliphatic carbocycles. The quantitative estimate of drug-likeness (QED) is 0.722. The zero-order chi connectivity index (χ0) is 10.4. The number of aromatic nitrogens is 2. The zero-order valence-electron chi connectivity index (χ0n) is 8.53. The summed E-state index contributed by atoms with van der Waals surface area (Å²) in [6.45, 7) is 5.07. The molecule has 0 radical (unpaired) electrons. The van der Waals surface area contributed by atoms with Crippen molar-refractivity contribution in [2.45, 2.75) is 19.9 Å². The smallest absolute Gasteiger partial charge is 0.218 e. The van der Waals surface area contributed by atoms with Crippen LogP contribution in [0, 0.1) is 0 Å². The normalized spacial score (nSPS) is 12.2. The lowest BCUT2D eigenvalue weighted by molar-refractivity contribution is 0.326. The van der Waals surface area contributed by atoms with Gasteiger partial charge < -0.3 is 15.8 Å². The number of hydrogen-bond acceptors (Lipinski definition) is 5. The van der Waals surface area contributed by atoms with Crippen molar-refractivity contribution in [1.82, 2.24) is 9.97 Å². The molecule has 1 unspecified atom stereocenters. The molecule has 5 nitrogen and oxygen atoms in total. The van der Waals surface area contributed by atoms with Gasteiger partial charge >= 0.3 is 0 Å². The van der Waals surface area contributed by atoms with E-state index >= 15 is 0 Å². The van der Waals surface area contributed by atoms with Gasteiger partial charge in [0, 0.05) is 18.7 Å². The Morgan fingerprint density at radius 3 is 3.00 bits per heavy atom. The third-order valence-electron chi connectivity index (χ3n) is 1.68. The molecular weight excluding hydrogens is 180 g/mol. The van der Waals surface area contributed by atoms with Crippen molar-refractivity contribution in [2.75, 3.05) is 18.5 Å². The molecule has 0 aliphatic rings. The largest absolute Gasteiger partial charge is 0.478 e. The van der Waals surface area contributed by atoms with Crippen LogP contribution in [0.2, 0.25) is 0 Å². The molecule has 0 saturated carbocycles. The first-order chi connectivity index (χ1) is 6.76. The van der Waals surface area contributed by atoms with Crippen molar-refractivity contribution < 1.29 is 4.74 Å². The molecular formula is C9H16N4O. The molecule has 78 valence electrons. The summed E-state index contributed by atoms with van der Waals surface area (Å²) in [4.78, 5) is 8.01. The lowest BCUT2D eigenvalue weighted by Gasteiger charge is -2.11. The average Bonchev–Trinajstić information content (AvgIpc) is 2.19. The number of nitrogens with one attached hydrogen (secondary N) is 1. The number of anilines is 1. The lowest BCUT2D eigenvalue weighted by Crippen LogP contribution is -2.25. The van der Waals surface area contributed by atoms with Gasteiger partial charge in [-0.05, 0) is 13.8 Å². The van der Waals surface area contributed by atoms with E-state index in [2.05, 4.69) is 15.3 Å². The van der Waals surface area contributed by atoms with E-state index in [4.69, 9.17) is 10.5 Å². The molecule has 3 N–H and O–H groups in total. The summed E-state index contributed by atoms with van der Waals surface area (Å²) in [5.41, 5.74) is 5.48. The van der Waals surface area contributed by atoms with Crippen LogP contribution in [0.5, 0.6) is 5.88 Å². The van der Waals surface area contributed by atoms with Crippen molar-refractivity contribution in [2.24, 2.45) is 5.73 Å². The fourth-order valence-electron chi connectivity index (χ4n) is 0.957. The number of ether oxygens (including phenoxy) is 1. The third-order valence-corrected chi connectivity index (χ3v) is 1.68. The van der Waals surface area contributed by atoms with E-state index in [0.29, 0.717) is 19.0 Å². The van der Waals surface area contributed by atoms with Crippen molar-refractivity contribution in [3.63, 3.8) is 0 Å². The van der Waals surface area contributed by atoms with Gasteiger partial charge in [-0.3, -0.25) is 0 Å². The first-order valence-corrected chi connectivity index (χ1v) is 4.67. The maximum Gasteiger partial charge on any atom is 0.218 e. The van der Waals surface area contributed by atoms with E-state index < -0.39 is 0 Å². The number of nitrogens with two attached hydrogens (primary N) is 1. The number of rotatable bonds is 5. The Bertz CT molecular complexity index is 279. The Hall–Kier alpha value is -1.36. The first-order valence-electron chi connectivity index (χ1n) is 4.67. The molecule has 0 spiro atoms. The molecule has 0 aliphatic heterocycles. The molecule has 5 heteroatoms. The van der Waals surface area contributed by atoms with Gasteiger partial charge in [-0.1, -0.05) is 0 Å². The molecule has 0 saturated heterocycles. The maximum atomic E-state index is 5.48. The molecule has 0 fully saturated rings. The molecule has 1 atom stereocenters. The average molecular weight is 196 g/mol. The van der Waals surface area contributed by atoms with Crippen LogP contribution in [0.3, 0.4) is 0 Å². The van der Waals surface area contributed by atoms with Gasteiger partial charge in [-0.2, -0.15) is 0 Å². The van der Waals surface area contributed by atoms with E-state index in [9.17, 15) is 0 Å². The topological polar surface area (TPSA) is 73.1 Å². The summed E-state index contributed by atoms with van der Waals surface area (Å²) < 4.78 is 5.24. The molecule has 14 heavy (non-hydrogen) atoms. The summed E-state index contributed by atoms with van der Waals surface area (Å²) in [5.74, 6) is 1.32. The molecule has 0 aromatic carbocycles. The monoisotopic (exact) mass is 196 g/mol. The summed E-state index contributed by atoms with van der Waals surface area (Å²) in [5, 5.41) is 3.13. The first kappa shape index (κ1) is 10.7. The van der Waals surface area contributed by atoms with E-state index in [0.717, 1.165) is 5.82 Å². The molecule has 0 bridgehead atoms. The minimum atomic E-state index is 0.194. The van der Waals surface area contributed by atoms with Crippen molar-refractivity contribution in [3.05, 3.63) is 12.4 Å². The Kier molecular flexibility index (Phi) is 4.12. The highest BCUT2D eigenvalue weighted by molar-refractivity contribution is 5.37. The standard InChI is InChI=1S/C9H16N4O/c1-3-14-9-4-8(11-6-12-9)13-7(2)5-10/h4,6-7H,3,5,10H2,1-2H3,(H,11,12,13). The van der Waals surface area contributed by atoms with Gasteiger partial charge in [0.1, 0.15) is 12.1 Å². The van der Waals surface area contributed by atoms with Gasteiger partial charge in [0.25, 0.3) is 0 Å². The predicted molar refractivity (Wildman–Crippen MR) is 55.3 cm³/mol. The summed E-state index contributed by atoms with van der Waals surface area (Å²) in [7, 11) is 0. The second kappa shape index (κ2) is 5.39. The Morgan fingerprint density at radius 2 is 2.36 bits per heavy atom. The van der Waals surface area contributed by atoms with Crippen LogP contribution in [0.1, 0.15) is 13.8 Å². The molecule has 1 heterocycles. The molecule has 1 aromatic heterocycles. The number of hydrogen-bond donors (Lipinski definition) is 2. The number of nitrogens with zero attached hydrogens (tertiary/aromatic N) is 2. The SMILES string of the molecule is CCOc1cc(NC(C)CN)ncn1. The second-order valence-electron chi connectivity index (χ2n) is 2.96. The minimum Gasteiger partial charge on any atom is -0.478 e. The lowest BCUT2D eigenvalue weighted by atomic mass is 10.3. The Morgan fingerprint density at radius 1 is 1.57 bits per heavy atom. The van der Waals surface area contributed by atoms with Crippen LogP contribution in [0.4, 0.5) is 5.82 Å². The Balaban J connectivity index is 2.63. The minimum absolute atomic E-state index is 0.194. The van der Waals surface area contributed by atoms with Gasteiger partial charge in [0.15, 0.2) is 0 Å². The van der Waals surface area contributed by atoms with Gasteiger partial charge in [0.2, 0.25) is 5.88 Å². The maximum absolute atomic E-state index is 5.48. The highest BCUT2D eigenvalue weighted by Gasteiger charge is 2.02. The van der Waals surface area contributed by atoms with Crippen molar-refractivity contribution in [3.8, 4) is 5.88 Å². The highest BCUT2D eigenvalue weighted by atomic mass is 16.5. The Labute approximate surface area is 83.7 Å². The van der Waals surface area contributed by atoms with Crippen LogP contribution >= 0.6 is 0 Å². The van der Waals surface area contributed by atoms with Gasteiger partial charge in [-0.25, -0.2) is 9.97 Å². The fourth-order valence-corrected chi connectivity index (χ4v) is 0.957. The highest BCUT2D eigenvalue weighted by Crippen LogP contribution is 2.11. The predicted octanol–water partition coefficient (Wildman–Crippen LogP) is 0.634. The van der Waals surface area contributed by atoms with Crippen LogP contribution in [-0.4, -0.2) is 29.2 Å². The summed E-state index contributed by atoms with van der Waals surface area (Å²) >= 11 is 0. The van der Waals surface area contributed by atoms with Crippen molar-refractivity contribution >= 4 is 5.82 Å². The zero-order valence-corrected chi connectivity index (χ0v) is 8.53. The van der Waals surface area contributed by atoms with E-state index in [1.165, 1.54) is 6.33 Å². The third kappa shape index (κ3) is 3.18. The van der Waals surface area contributed by atoms with Gasteiger partial charge in [-0.15, -0.1) is 0 Å². The van der Waals surface area contributed by atoms with Crippen LogP contribution in [0.25, 0.3) is 0 Å². The van der Waals surface area contributed by atoms with Gasteiger partial charge in [0.05, 0.1) is 6.61 Å². The van der Waals surface area contributed by atoms with Crippen LogP contribution in [-0.2, 0) is 0 Å². The van der Waals surface area contributed by atoms with E-state index in [1.54, 1.807) is 6.07 Å². The molecule has 1 rings (SSSR count). The molecule has 1 aromatic rings. The molecule has 0 amide bonds. The van der Waals surface area contributed by atoms with Crippen LogP contribution < -0.4 is 15.8 Å². The van der Waals surface area contributed by atoms with Crippen molar-refractivity contribution in [1.29, 1.82) is 0 Å². The van der Waals surface area contributed by atoms with Crippen LogP contribution in [0.15, 0.2) is 12.4 Å². The summed E-state index contributed by atoms with van der Waals surface area (Å²) in [6.07, 6.45) is 1.47. The van der Waals surface area contributed by atoms with E-state index in [1.807, 2.05) is 13.8 Å². The fraction of sp³-hybridized carbons (Fsp3) is 0.556. The second-order valence-corrected chi connectivity index (χ2v) is 2.96. The van der Waals surface area contributed by atoms with E-state index in [-0.39, 0.29) is 6.04 Å². The summed E-state index contributed by atoms with van der Waals surface area (Å²) in [6, 6.07) is 1.95.